The van der Waals surface area contributed by atoms with Crippen LogP contribution in [0.5, 0.6) is 11.6 Å². The Morgan fingerprint density at radius 3 is 2.45 bits per heavy atom. The summed E-state index contributed by atoms with van der Waals surface area (Å²) < 4.78 is 21.8. The number of rotatable bonds is 13. The Kier molecular flexibility index (Phi) is 11.2. The minimum atomic E-state index is 0.452. The molecule has 0 atom stereocenters. The zero-order valence-electron chi connectivity index (χ0n) is 18.9. The number of ether oxygens (including phenoxy) is 4. The number of hydrogen-bond donors (Lipinski definition) is 2. The van der Waals surface area contributed by atoms with Crippen molar-refractivity contribution in [1.29, 1.82) is 0 Å². The number of nitrogens with zero attached hydrogens (tertiary/aromatic N) is 2. The van der Waals surface area contributed by atoms with Crippen LogP contribution in [0, 0.1) is 6.92 Å². The van der Waals surface area contributed by atoms with Gasteiger partial charge in [0.1, 0.15) is 12.4 Å². The molecule has 0 radical (unpaired) electrons. The first kappa shape index (κ1) is 24.4. The lowest BCUT2D eigenvalue weighted by atomic mass is 10.1. The quantitative estimate of drug-likeness (QED) is 0.287. The number of aromatic nitrogens is 1. The maximum atomic E-state index is 5.96. The van der Waals surface area contributed by atoms with Crippen molar-refractivity contribution in [2.24, 2.45) is 4.99 Å². The number of methoxy groups -OCH3 is 2. The first-order chi connectivity index (χ1) is 15.2. The Balaban J connectivity index is 1.92. The second kappa shape index (κ2) is 14.2. The summed E-state index contributed by atoms with van der Waals surface area (Å²) in [5.74, 6) is 2.14. The molecule has 0 unspecified atom stereocenters. The largest absolute Gasteiger partial charge is 0.493 e. The van der Waals surface area contributed by atoms with E-state index in [4.69, 9.17) is 18.9 Å². The highest BCUT2D eigenvalue weighted by atomic mass is 16.5. The van der Waals surface area contributed by atoms with Crippen molar-refractivity contribution in [2.75, 3.05) is 47.7 Å². The number of aliphatic imine (C=N–C) groups is 1. The highest BCUT2D eigenvalue weighted by Gasteiger charge is 2.08. The fraction of sp³-hybridized carbons (Fsp3) is 0.478. The molecular formula is C23H34N4O4. The fourth-order valence-corrected chi connectivity index (χ4v) is 2.82. The predicted octanol–water partition coefficient (Wildman–Crippen LogP) is 2.70. The van der Waals surface area contributed by atoms with Crippen LogP contribution in [0.3, 0.4) is 0 Å². The third-order valence-corrected chi connectivity index (χ3v) is 4.47. The molecule has 0 aliphatic rings. The van der Waals surface area contributed by atoms with E-state index in [-0.39, 0.29) is 0 Å². The van der Waals surface area contributed by atoms with Gasteiger partial charge in [-0.25, -0.2) is 4.98 Å². The molecule has 0 spiro atoms. The number of aryl methyl sites for hydroxylation is 1. The van der Waals surface area contributed by atoms with E-state index in [1.807, 2.05) is 12.1 Å². The van der Waals surface area contributed by atoms with Crippen LogP contribution in [0.15, 0.2) is 41.5 Å². The highest BCUT2D eigenvalue weighted by Crippen LogP contribution is 2.20. The summed E-state index contributed by atoms with van der Waals surface area (Å²) in [6.45, 7) is 5.44. The summed E-state index contributed by atoms with van der Waals surface area (Å²) in [4.78, 5) is 8.62. The molecule has 2 N–H and O–H groups in total. The van der Waals surface area contributed by atoms with Crippen LogP contribution in [0.1, 0.15) is 23.1 Å². The summed E-state index contributed by atoms with van der Waals surface area (Å²) >= 11 is 0. The van der Waals surface area contributed by atoms with Crippen molar-refractivity contribution in [3.05, 3.63) is 53.2 Å². The average molecular weight is 431 g/mol. The van der Waals surface area contributed by atoms with Crippen molar-refractivity contribution in [2.45, 2.75) is 26.4 Å². The van der Waals surface area contributed by atoms with Gasteiger partial charge in [-0.3, -0.25) is 4.99 Å². The van der Waals surface area contributed by atoms with Crippen molar-refractivity contribution in [3.8, 4) is 11.6 Å². The van der Waals surface area contributed by atoms with E-state index >= 15 is 0 Å². The van der Waals surface area contributed by atoms with E-state index < -0.39 is 0 Å². The smallest absolute Gasteiger partial charge is 0.218 e. The van der Waals surface area contributed by atoms with Gasteiger partial charge in [-0.1, -0.05) is 18.2 Å². The molecule has 0 fully saturated rings. The monoisotopic (exact) mass is 430 g/mol. The standard InChI is InChI=1S/C23H34N4O4/c1-18-8-9-19(21(15-18)30-12-6-11-28-3)16-26-23(24-2)27-17-20-7-5-10-25-22(20)31-14-13-29-4/h5,7-10,15H,6,11-14,16-17H2,1-4H3,(H2,24,26,27). The molecule has 0 saturated heterocycles. The van der Waals surface area contributed by atoms with Crippen LogP contribution in [-0.4, -0.2) is 58.6 Å². The Morgan fingerprint density at radius 2 is 1.71 bits per heavy atom. The molecule has 170 valence electrons. The van der Waals surface area contributed by atoms with E-state index in [1.165, 1.54) is 0 Å². The van der Waals surface area contributed by atoms with Gasteiger partial charge in [0, 0.05) is 64.7 Å². The molecule has 8 heteroatoms. The second-order valence-corrected chi connectivity index (χ2v) is 6.89. The van der Waals surface area contributed by atoms with Gasteiger partial charge in [0.05, 0.1) is 13.2 Å². The van der Waals surface area contributed by atoms with Crippen molar-refractivity contribution in [1.82, 2.24) is 15.6 Å². The minimum Gasteiger partial charge on any atom is -0.493 e. The van der Waals surface area contributed by atoms with Gasteiger partial charge in [-0.05, 0) is 24.6 Å². The van der Waals surface area contributed by atoms with Crippen LogP contribution in [0.25, 0.3) is 0 Å². The van der Waals surface area contributed by atoms with Gasteiger partial charge in [0.15, 0.2) is 5.96 Å². The summed E-state index contributed by atoms with van der Waals surface area (Å²) in [5, 5.41) is 6.65. The van der Waals surface area contributed by atoms with Gasteiger partial charge in [-0.15, -0.1) is 0 Å². The Hall–Kier alpha value is -2.84. The predicted molar refractivity (Wildman–Crippen MR) is 122 cm³/mol. The van der Waals surface area contributed by atoms with Crippen molar-refractivity contribution >= 4 is 5.96 Å². The Bertz CT molecular complexity index is 814. The molecule has 0 aliphatic heterocycles. The normalized spacial score (nSPS) is 11.3. The zero-order valence-corrected chi connectivity index (χ0v) is 18.9. The molecule has 2 rings (SSSR count). The summed E-state index contributed by atoms with van der Waals surface area (Å²) in [5.41, 5.74) is 3.17. The maximum absolute atomic E-state index is 5.96. The SMILES string of the molecule is CN=C(NCc1ccc(C)cc1OCCCOC)NCc1cccnc1OCCOC. The summed E-state index contributed by atoms with van der Waals surface area (Å²) in [7, 11) is 5.08. The molecule has 31 heavy (non-hydrogen) atoms. The summed E-state index contributed by atoms with van der Waals surface area (Å²) in [6, 6.07) is 10.1. The maximum Gasteiger partial charge on any atom is 0.218 e. The van der Waals surface area contributed by atoms with Crippen LogP contribution < -0.4 is 20.1 Å². The van der Waals surface area contributed by atoms with E-state index in [9.17, 15) is 0 Å². The number of hydrogen-bond acceptors (Lipinski definition) is 6. The van der Waals surface area contributed by atoms with Crippen molar-refractivity contribution < 1.29 is 18.9 Å². The van der Waals surface area contributed by atoms with Crippen LogP contribution in [-0.2, 0) is 22.6 Å². The molecule has 2 aromatic rings. The third kappa shape index (κ3) is 8.82. The molecule has 1 aromatic carbocycles. The van der Waals surface area contributed by atoms with Gasteiger partial charge in [-0.2, -0.15) is 0 Å². The number of pyridine rings is 1. The Labute approximate surface area is 185 Å². The third-order valence-electron chi connectivity index (χ3n) is 4.47. The molecule has 0 amide bonds. The van der Waals surface area contributed by atoms with E-state index in [1.54, 1.807) is 27.5 Å². The number of nitrogens with one attached hydrogen (secondary N) is 2. The molecular weight excluding hydrogens is 396 g/mol. The van der Waals surface area contributed by atoms with E-state index in [0.29, 0.717) is 51.4 Å². The molecule has 1 aromatic heterocycles. The van der Waals surface area contributed by atoms with Crippen molar-refractivity contribution in [3.63, 3.8) is 0 Å². The van der Waals surface area contributed by atoms with Gasteiger partial charge in [0.25, 0.3) is 0 Å². The molecule has 0 aliphatic carbocycles. The van der Waals surface area contributed by atoms with E-state index in [2.05, 4.69) is 45.7 Å². The lowest BCUT2D eigenvalue weighted by Gasteiger charge is -2.16. The topological polar surface area (TPSA) is 86.2 Å². The molecule has 0 saturated carbocycles. The number of guanidine groups is 1. The molecule has 1 heterocycles. The highest BCUT2D eigenvalue weighted by molar-refractivity contribution is 5.79. The van der Waals surface area contributed by atoms with E-state index in [0.717, 1.165) is 28.9 Å². The fourth-order valence-electron chi connectivity index (χ4n) is 2.82. The lowest BCUT2D eigenvalue weighted by Crippen LogP contribution is -2.36. The Morgan fingerprint density at radius 1 is 0.935 bits per heavy atom. The summed E-state index contributed by atoms with van der Waals surface area (Å²) in [6.07, 6.45) is 2.56. The van der Waals surface area contributed by atoms with Gasteiger partial charge < -0.3 is 29.6 Å². The van der Waals surface area contributed by atoms with Gasteiger partial charge >= 0.3 is 0 Å². The zero-order chi connectivity index (χ0) is 22.3. The van der Waals surface area contributed by atoms with Gasteiger partial charge in [0.2, 0.25) is 5.88 Å². The first-order valence-corrected chi connectivity index (χ1v) is 10.4. The van der Waals surface area contributed by atoms with Crippen LogP contribution in [0.4, 0.5) is 0 Å². The number of benzene rings is 1. The lowest BCUT2D eigenvalue weighted by molar-refractivity contribution is 0.143. The first-order valence-electron chi connectivity index (χ1n) is 10.4. The molecule has 0 bridgehead atoms. The van der Waals surface area contributed by atoms with Crippen LogP contribution >= 0.6 is 0 Å². The van der Waals surface area contributed by atoms with Crippen LogP contribution in [0.2, 0.25) is 0 Å². The average Bonchev–Trinajstić information content (AvgIpc) is 2.79. The molecule has 8 nitrogen and oxygen atoms in total. The minimum absolute atomic E-state index is 0.452. The second-order valence-electron chi connectivity index (χ2n) is 6.89.